The van der Waals surface area contributed by atoms with Gasteiger partial charge in [-0.25, -0.2) is 9.78 Å². The van der Waals surface area contributed by atoms with Crippen LogP contribution in [0.15, 0.2) is 51.1 Å². The molecule has 3 aromatic heterocycles. The van der Waals surface area contributed by atoms with Gasteiger partial charge in [-0.2, -0.15) is 5.10 Å². The lowest BCUT2D eigenvalue weighted by atomic mass is 10.1. The molecule has 7 nitrogen and oxygen atoms in total. The Kier molecular flexibility index (Phi) is 3.89. The van der Waals surface area contributed by atoms with Crippen molar-refractivity contribution in [1.82, 2.24) is 14.8 Å². The summed E-state index contributed by atoms with van der Waals surface area (Å²) in [4.78, 5) is 29.0. The second-order valence-electron chi connectivity index (χ2n) is 5.78. The highest BCUT2D eigenvalue weighted by Crippen LogP contribution is 2.25. The molecular formula is C18H14N4O3S. The number of hydrogen-bond donors (Lipinski definition) is 1. The van der Waals surface area contributed by atoms with E-state index >= 15 is 0 Å². The average Bonchev–Trinajstić information content (AvgIpc) is 3.20. The van der Waals surface area contributed by atoms with E-state index in [-0.39, 0.29) is 5.91 Å². The molecule has 0 atom stereocenters. The molecule has 4 rings (SSSR count). The summed E-state index contributed by atoms with van der Waals surface area (Å²) in [7, 11) is 1.70. The Morgan fingerprint density at radius 3 is 2.88 bits per heavy atom. The summed E-state index contributed by atoms with van der Waals surface area (Å²) in [5.74, 6) is -0.297. The maximum absolute atomic E-state index is 12.4. The zero-order chi connectivity index (χ0) is 18.3. The lowest BCUT2D eigenvalue weighted by molar-refractivity contribution is 0.101. The molecule has 1 N–H and O–H groups in total. The van der Waals surface area contributed by atoms with Gasteiger partial charge < -0.3 is 4.42 Å². The van der Waals surface area contributed by atoms with Crippen molar-refractivity contribution in [3.63, 3.8) is 0 Å². The van der Waals surface area contributed by atoms with Gasteiger partial charge in [-0.05, 0) is 24.6 Å². The first-order valence-electron chi connectivity index (χ1n) is 7.81. The van der Waals surface area contributed by atoms with Gasteiger partial charge >= 0.3 is 5.63 Å². The smallest absolute Gasteiger partial charge is 0.345 e. The largest absolute Gasteiger partial charge is 0.422 e. The van der Waals surface area contributed by atoms with Crippen molar-refractivity contribution >= 4 is 33.3 Å². The van der Waals surface area contributed by atoms with Crippen molar-refractivity contribution in [3.8, 4) is 11.3 Å². The number of aromatic nitrogens is 3. The van der Waals surface area contributed by atoms with Crippen molar-refractivity contribution in [1.29, 1.82) is 0 Å². The maximum atomic E-state index is 12.4. The molecule has 0 spiro atoms. The fourth-order valence-electron chi connectivity index (χ4n) is 2.73. The van der Waals surface area contributed by atoms with Gasteiger partial charge in [0.1, 0.15) is 11.3 Å². The number of carbonyl (C=O) groups is 1. The van der Waals surface area contributed by atoms with Gasteiger partial charge in [-0.15, -0.1) is 11.3 Å². The Hall–Kier alpha value is -3.26. The molecule has 4 aromatic rings. The standard InChI is InChI=1S/C18H14N4O3S/c1-10-8-19-22(2)15(10)16(23)21-18-20-13(9-26-18)12-7-11-5-3-4-6-14(11)25-17(12)24/h3-9H,1-2H3,(H,20,21,23). The number of nitrogens with zero attached hydrogens (tertiary/aromatic N) is 3. The number of benzene rings is 1. The van der Waals surface area contributed by atoms with Gasteiger partial charge in [-0.1, -0.05) is 18.2 Å². The molecule has 0 aliphatic carbocycles. The number of fused-ring (bicyclic) bond motifs is 1. The van der Waals surface area contributed by atoms with Gasteiger partial charge in [0.25, 0.3) is 5.91 Å². The van der Waals surface area contributed by atoms with Crippen LogP contribution in [0.1, 0.15) is 16.1 Å². The number of amides is 1. The molecular weight excluding hydrogens is 352 g/mol. The minimum absolute atomic E-state index is 0.297. The average molecular weight is 366 g/mol. The molecule has 0 aliphatic heterocycles. The van der Waals surface area contributed by atoms with Crippen LogP contribution in [0.25, 0.3) is 22.2 Å². The van der Waals surface area contributed by atoms with Gasteiger partial charge in [0, 0.05) is 17.8 Å². The van der Waals surface area contributed by atoms with E-state index < -0.39 is 5.63 Å². The van der Waals surface area contributed by atoms with Gasteiger partial charge in [-0.3, -0.25) is 14.8 Å². The summed E-state index contributed by atoms with van der Waals surface area (Å²) in [6.45, 7) is 1.81. The highest BCUT2D eigenvalue weighted by Gasteiger charge is 2.17. The summed E-state index contributed by atoms with van der Waals surface area (Å²) in [5, 5.41) is 9.73. The lowest BCUT2D eigenvalue weighted by Gasteiger charge is -2.03. The van der Waals surface area contributed by atoms with Crippen molar-refractivity contribution < 1.29 is 9.21 Å². The Labute approximate surface area is 151 Å². The Morgan fingerprint density at radius 1 is 1.31 bits per heavy atom. The van der Waals surface area contributed by atoms with Gasteiger partial charge in [0.05, 0.1) is 17.5 Å². The van der Waals surface area contributed by atoms with Crippen LogP contribution in [-0.2, 0) is 7.05 Å². The molecule has 8 heteroatoms. The second kappa shape index (κ2) is 6.23. The topological polar surface area (TPSA) is 90.0 Å². The first kappa shape index (κ1) is 16.2. The van der Waals surface area contributed by atoms with Crippen LogP contribution in [-0.4, -0.2) is 20.7 Å². The first-order chi connectivity index (χ1) is 12.5. The van der Waals surface area contributed by atoms with E-state index in [9.17, 15) is 9.59 Å². The van der Waals surface area contributed by atoms with Crippen LogP contribution >= 0.6 is 11.3 Å². The van der Waals surface area contributed by atoms with E-state index in [1.807, 2.05) is 25.1 Å². The number of hydrogen-bond acceptors (Lipinski definition) is 6. The molecule has 0 fully saturated rings. The Bertz CT molecular complexity index is 1170. The summed E-state index contributed by atoms with van der Waals surface area (Å²) in [5.41, 5.74) is 2.12. The lowest BCUT2D eigenvalue weighted by Crippen LogP contribution is -2.17. The van der Waals surface area contributed by atoms with Crippen LogP contribution in [0, 0.1) is 6.92 Å². The number of rotatable bonds is 3. The van der Waals surface area contributed by atoms with E-state index in [1.54, 1.807) is 30.8 Å². The second-order valence-corrected chi connectivity index (χ2v) is 6.64. The molecule has 0 bridgehead atoms. The first-order valence-corrected chi connectivity index (χ1v) is 8.69. The third kappa shape index (κ3) is 2.80. The number of anilines is 1. The van der Waals surface area contributed by atoms with Crippen molar-refractivity contribution in [3.05, 3.63) is 63.6 Å². The van der Waals surface area contributed by atoms with Crippen LogP contribution in [0.2, 0.25) is 0 Å². The Morgan fingerprint density at radius 2 is 2.12 bits per heavy atom. The highest BCUT2D eigenvalue weighted by molar-refractivity contribution is 7.14. The number of carbonyl (C=O) groups excluding carboxylic acids is 1. The number of aryl methyl sites for hydroxylation is 2. The summed E-state index contributed by atoms with van der Waals surface area (Å²) < 4.78 is 6.85. The van der Waals surface area contributed by atoms with Crippen molar-refractivity contribution in [2.45, 2.75) is 6.92 Å². The molecule has 0 unspecified atom stereocenters. The quantitative estimate of drug-likeness (QED) is 0.562. The normalized spacial score (nSPS) is 11.0. The summed E-state index contributed by atoms with van der Waals surface area (Å²) >= 11 is 1.24. The fraction of sp³-hybridized carbons (Fsp3) is 0.111. The number of thiazole rings is 1. The molecule has 130 valence electrons. The minimum Gasteiger partial charge on any atom is -0.422 e. The monoisotopic (exact) mass is 366 g/mol. The van der Waals surface area contributed by atoms with Gasteiger partial charge in [0.2, 0.25) is 0 Å². The fourth-order valence-corrected chi connectivity index (χ4v) is 3.43. The molecule has 1 amide bonds. The molecule has 3 heterocycles. The molecule has 1 aromatic carbocycles. The summed E-state index contributed by atoms with van der Waals surface area (Å²) in [6, 6.07) is 9.02. The van der Waals surface area contributed by atoms with E-state index in [4.69, 9.17) is 4.42 Å². The summed E-state index contributed by atoms with van der Waals surface area (Å²) in [6.07, 6.45) is 1.63. The predicted octanol–water partition coefficient (Wildman–Crippen LogP) is 3.21. The third-order valence-electron chi connectivity index (χ3n) is 3.98. The van der Waals surface area contributed by atoms with Crippen LogP contribution in [0.3, 0.4) is 0 Å². The third-order valence-corrected chi connectivity index (χ3v) is 4.74. The van der Waals surface area contributed by atoms with Crippen LogP contribution in [0.5, 0.6) is 0 Å². The van der Waals surface area contributed by atoms with E-state index in [0.29, 0.717) is 27.7 Å². The van der Waals surface area contributed by atoms with Crippen molar-refractivity contribution in [2.24, 2.45) is 7.05 Å². The molecule has 26 heavy (non-hydrogen) atoms. The Balaban J connectivity index is 1.65. The van der Waals surface area contributed by atoms with Crippen LogP contribution < -0.4 is 10.9 Å². The molecule has 0 aliphatic rings. The molecule has 0 radical (unpaired) electrons. The van der Waals surface area contributed by atoms with Crippen molar-refractivity contribution in [2.75, 3.05) is 5.32 Å². The molecule has 0 saturated heterocycles. The molecule has 0 saturated carbocycles. The van der Waals surface area contributed by atoms with E-state index in [0.717, 1.165) is 10.9 Å². The SMILES string of the molecule is Cc1cnn(C)c1C(=O)Nc1nc(-c2cc3ccccc3oc2=O)cs1. The number of para-hydroxylation sites is 1. The zero-order valence-electron chi connectivity index (χ0n) is 14.0. The maximum Gasteiger partial charge on any atom is 0.345 e. The van der Waals surface area contributed by atoms with Crippen LogP contribution in [0.4, 0.5) is 5.13 Å². The zero-order valence-corrected chi connectivity index (χ0v) is 14.8. The predicted molar refractivity (Wildman–Crippen MR) is 99.5 cm³/mol. The minimum atomic E-state index is -0.464. The number of nitrogens with one attached hydrogen (secondary N) is 1. The highest BCUT2D eigenvalue weighted by atomic mass is 32.1. The van der Waals surface area contributed by atoms with E-state index in [2.05, 4.69) is 15.4 Å². The van der Waals surface area contributed by atoms with E-state index in [1.165, 1.54) is 16.0 Å². The van der Waals surface area contributed by atoms with Gasteiger partial charge in [0.15, 0.2) is 5.13 Å².